The van der Waals surface area contributed by atoms with Crippen LogP contribution in [0.4, 0.5) is 0 Å². The third kappa shape index (κ3) is 2.25. The van der Waals surface area contributed by atoms with Crippen molar-refractivity contribution in [1.29, 1.82) is 0 Å². The van der Waals surface area contributed by atoms with Gasteiger partial charge >= 0.3 is 0 Å². The van der Waals surface area contributed by atoms with E-state index in [0.29, 0.717) is 11.6 Å². The molecule has 5 fully saturated rings. The van der Waals surface area contributed by atoms with Crippen LogP contribution < -0.4 is 11.1 Å². The molecule has 0 amide bonds. The number of aliphatic imine (C=N–C) groups is 1. The first-order valence-electron chi connectivity index (χ1n) is 8.32. The minimum absolute atomic E-state index is 0.320. The molecule has 0 unspecified atom stereocenters. The summed E-state index contributed by atoms with van der Waals surface area (Å²) in [5.74, 6) is 3.66. The van der Waals surface area contributed by atoms with E-state index in [2.05, 4.69) is 5.32 Å². The Morgan fingerprint density at radius 1 is 0.947 bits per heavy atom. The molecule has 0 aromatic heterocycles. The second-order valence-electron chi connectivity index (χ2n) is 7.78. The lowest BCUT2D eigenvalue weighted by atomic mass is 9.53. The van der Waals surface area contributed by atoms with Crippen molar-refractivity contribution in [2.45, 2.75) is 75.8 Å². The molecule has 19 heavy (non-hydrogen) atoms. The molecular formula is C16H27N3. The highest BCUT2D eigenvalue weighted by Crippen LogP contribution is 2.55. The van der Waals surface area contributed by atoms with Gasteiger partial charge in [0.25, 0.3) is 0 Å². The highest BCUT2D eigenvalue weighted by atomic mass is 15.2. The van der Waals surface area contributed by atoms with Gasteiger partial charge in [0.2, 0.25) is 0 Å². The molecule has 3 N–H and O–H groups in total. The number of rotatable bonds is 2. The third-order valence-electron chi connectivity index (χ3n) is 6.08. The summed E-state index contributed by atoms with van der Waals surface area (Å²) in [6, 6.07) is 0.501. The molecular weight excluding hydrogens is 234 g/mol. The van der Waals surface area contributed by atoms with E-state index >= 15 is 0 Å². The molecule has 5 aliphatic carbocycles. The Morgan fingerprint density at radius 2 is 1.47 bits per heavy atom. The van der Waals surface area contributed by atoms with Gasteiger partial charge in [0.05, 0.1) is 6.04 Å². The smallest absolute Gasteiger partial charge is 0.189 e. The molecule has 0 aromatic rings. The van der Waals surface area contributed by atoms with Crippen LogP contribution in [0.2, 0.25) is 0 Å². The van der Waals surface area contributed by atoms with Crippen LogP contribution in [-0.2, 0) is 0 Å². The Bertz CT molecular complexity index is 346. The minimum atomic E-state index is 0.320. The van der Waals surface area contributed by atoms with Crippen molar-refractivity contribution in [3.63, 3.8) is 0 Å². The maximum atomic E-state index is 6.21. The Balaban J connectivity index is 1.46. The van der Waals surface area contributed by atoms with E-state index in [0.717, 1.165) is 23.7 Å². The van der Waals surface area contributed by atoms with Crippen molar-refractivity contribution in [2.24, 2.45) is 28.5 Å². The molecule has 0 aliphatic heterocycles. The summed E-state index contributed by atoms with van der Waals surface area (Å²) in [6.07, 6.45) is 13.6. The average molecular weight is 261 g/mol. The molecule has 3 nitrogen and oxygen atoms in total. The van der Waals surface area contributed by atoms with Crippen molar-refractivity contribution in [2.75, 3.05) is 0 Å². The van der Waals surface area contributed by atoms with Gasteiger partial charge < -0.3 is 11.1 Å². The Morgan fingerprint density at radius 3 is 2.00 bits per heavy atom. The summed E-state index contributed by atoms with van der Waals surface area (Å²) in [5.41, 5.74) is 6.53. The zero-order valence-corrected chi connectivity index (χ0v) is 11.9. The van der Waals surface area contributed by atoms with Crippen LogP contribution in [0.15, 0.2) is 4.99 Å². The minimum Gasteiger partial charge on any atom is -0.370 e. The summed E-state index contributed by atoms with van der Waals surface area (Å²) in [7, 11) is 0. The number of hydrogen-bond donors (Lipinski definition) is 2. The van der Waals surface area contributed by atoms with Crippen LogP contribution in [0.25, 0.3) is 0 Å². The lowest BCUT2D eigenvalue weighted by Crippen LogP contribution is -2.61. The molecule has 0 aromatic carbocycles. The number of nitrogens with two attached hydrogens (primary N) is 1. The van der Waals surface area contributed by atoms with Crippen molar-refractivity contribution in [1.82, 2.24) is 5.32 Å². The number of hydrogen-bond acceptors (Lipinski definition) is 1. The van der Waals surface area contributed by atoms with Gasteiger partial charge in [-0.1, -0.05) is 12.8 Å². The topological polar surface area (TPSA) is 50.4 Å². The molecule has 3 heteroatoms. The second kappa shape index (κ2) is 4.39. The monoisotopic (exact) mass is 261 g/mol. The standard InChI is InChI=1S/C16H27N3/c17-15(18-14-3-1-2-4-14)19-16-8-11-5-12(9-16)7-13(6-11)10-16/h11-14H,1-10H2,(H3,17,18,19). The van der Waals surface area contributed by atoms with Crippen molar-refractivity contribution < 1.29 is 0 Å². The number of nitrogens with one attached hydrogen (secondary N) is 1. The van der Waals surface area contributed by atoms with Crippen LogP contribution in [0.1, 0.15) is 64.2 Å². The maximum absolute atomic E-state index is 6.21. The van der Waals surface area contributed by atoms with E-state index in [1.807, 2.05) is 0 Å². The van der Waals surface area contributed by atoms with Crippen LogP contribution >= 0.6 is 0 Å². The fourth-order valence-corrected chi connectivity index (χ4v) is 5.80. The molecule has 0 spiro atoms. The van der Waals surface area contributed by atoms with Gasteiger partial charge in [-0.25, -0.2) is 0 Å². The quantitative estimate of drug-likeness (QED) is 0.593. The highest BCUT2D eigenvalue weighted by Gasteiger charge is 2.51. The summed E-state index contributed by atoms with van der Waals surface area (Å²) >= 11 is 0. The number of nitrogens with zero attached hydrogens (tertiary/aromatic N) is 1. The molecule has 5 rings (SSSR count). The van der Waals surface area contributed by atoms with E-state index in [-0.39, 0.29) is 0 Å². The van der Waals surface area contributed by atoms with Gasteiger partial charge in [0.15, 0.2) is 5.96 Å². The first kappa shape index (κ1) is 12.0. The summed E-state index contributed by atoms with van der Waals surface area (Å²) in [4.78, 5) is 4.74. The summed E-state index contributed by atoms with van der Waals surface area (Å²) in [6.45, 7) is 0. The van der Waals surface area contributed by atoms with Crippen LogP contribution in [0, 0.1) is 17.8 Å². The van der Waals surface area contributed by atoms with Crippen molar-refractivity contribution >= 4 is 5.96 Å². The first-order chi connectivity index (χ1) is 9.21. The van der Waals surface area contributed by atoms with Crippen LogP contribution in [0.3, 0.4) is 0 Å². The van der Waals surface area contributed by atoms with Crippen LogP contribution in [0.5, 0.6) is 0 Å². The normalized spacial score (nSPS) is 45.9. The van der Waals surface area contributed by atoms with Crippen LogP contribution in [-0.4, -0.2) is 17.5 Å². The zero-order chi connectivity index (χ0) is 12.9. The van der Waals surface area contributed by atoms with E-state index in [1.54, 1.807) is 0 Å². The lowest BCUT2D eigenvalue weighted by molar-refractivity contribution is -0.0102. The van der Waals surface area contributed by atoms with E-state index < -0.39 is 0 Å². The highest BCUT2D eigenvalue weighted by molar-refractivity contribution is 5.79. The Hall–Kier alpha value is -0.730. The second-order valence-corrected chi connectivity index (χ2v) is 7.78. The average Bonchev–Trinajstić information content (AvgIpc) is 2.78. The predicted octanol–water partition coefficient (Wildman–Crippen LogP) is 2.80. The van der Waals surface area contributed by atoms with Gasteiger partial charge in [-0.15, -0.1) is 0 Å². The Kier molecular flexibility index (Phi) is 2.78. The molecule has 5 aliphatic rings. The summed E-state index contributed by atoms with van der Waals surface area (Å²) < 4.78 is 0. The fraction of sp³-hybridized carbons (Fsp3) is 0.938. The predicted molar refractivity (Wildman–Crippen MR) is 77.9 cm³/mol. The van der Waals surface area contributed by atoms with E-state index in [1.165, 1.54) is 64.2 Å². The fourth-order valence-electron chi connectivity index (χ4n) is 5.80. The van der Waals surface area contributed by atoms with E-state index in [9.17, 15) is 0 Å². The van der Waals surface area contributed by atoms with Gasteiger partial charge in [-0.3, -0.25) is 4.99 Å². The van der Waals surface area contributed by atoms with Crippen molar-refractivity contribution in [3.8, 4) is 0 Å². The van der Waals surface area contributed by atoms with Gasteiger partial charge in [0, 0.05) is 5.54 Å². The molecule has 106 valence electrons. The summed E-state index contributed by atoms with van der Waals surface area (Å²) in [5, 5.41) is 3.68. The SMILES string of the molecule is NC(=NC1CCCC1)NC12CC3CC(CC(C3)C1)C2. The number of guanidine groups is 1. The van der Waals surface area contributed by atoms with Gasteiger partial charge in [-0.05, 0) is 69.1 Å². The molecule has 0 heterocycles. The van der Waals surface area contributed by atoms with Crippen molar-refractivity contribution in [3.05, 3.63) is 0 Å². The maximum Gasteiger partial charge on any atom is 0.189 e. The molecule has 0 radical (unpaired) electrons. The third-order valence-corrected chi connectivity index (χ3v) is 6.08. The largest absolute Gasteiger partial charge is 0.370 e. The lowest BCUT2D eigenvalue weighted by Gasteiger charge is -2.57. The molecule has 0 atom stereocenters. The van der Waals surface area contributed by atoms with Gasteiger partial charge in [-0.2, -0.15) is 0 Å². The van der Waals surface area contributed by atoms with Gasteiger partial charge in [0.1, 0.15) is 0 Å². The first-order valence-corrected chi connectivity index (χ1v) is 8.32. The zero-order valence-electron chi connectivity index (χ0n) is 11.9. The molecule has 4 bridgehead atoms. The Labute approximate surface area is 116 Å². The van der Waals surface area contributed by atoms with E-state index in [4.69, 9.17) is 10.7 Å². The molecule has 5 saturated carbocycles. The molecule has 0 saturated heterocycles.